The van der Waals surface area contributed by atoms with Crippen LogP contribution in [0.1, 0.15) is 38.3 Å². The first-order valence-corrected chi connectivity index (χ1v) is 6.96. The smallest absolute Gasteiger partial charge is 0.0146 e. The van der Waals surface area contributed by atoms with E-state index in [0.717, 1.165) is 6.42 Å². The number of rotatable bonds is 4. The summed E-state index contributed by atoms with van der Waals surface area (Å²) >= 11 is 0. The summed E-state index contributed by atoms with van der Waals surface area (Å²) in [5.74, 6) is 0. The van der Waals surface area contributed by atoms with Gasteiger partial charge in [0.1, 0.15) is 0 Å². The zero-order chi connectivity index (χ0) is 13.7. The van der Waals surface area contributed by atoms with Crippen LogP contribution in [0.5, 0.6) is 0 Å². The minimum atomic E-state index is 0.209. The fourth-order valence-electron chi connectivity index (χ4n) is 2.06. The lowest BCUT2D eigenvalue weighted by molar-refractivity contribution is 0.463. The minimum Gasteiger partial charge on any atom is -0.0704 e. The van der Waals surface area contributed by atoms with Crippen molar-refractivity contribution in [3.63, 3.8) is 0 Å². The molecule has 0 heterocycles. The molecule has 0 saturated carbocycles. The molecule has 0 N–H and O–H groups in total. The molecule has 0 saturated heterocycles. The molecule has 19 heavy (non-hydrogen) atoms. The fraction of sp³-hybridized carbons (Fsp3) is 0.263. The summed E-state index contributed by atoms with van der Waals surface area (Å²) in [6, 6.07) is 21.3. The summed E-state index contributed by atoms with van der Waals surface area (Å²) in [5, 5.41) is 0. The minimum absolute atomic E-state index is 0.209. The van der Waals surface area contributed by atoms with Crippen molar-refractivity contribution in [2.24, 2.45) is 5.41 Å². The highest BCUT2D eigenvalue weighted by Gasteiger charge is 2.14. The first kappa shape index (κ1) is 13.6. The molecular weight excluding hydrogens is 228 g/mol. The summed E-state index contributed by atoms with van der Waals surface area (Å²) in [5.41, 5.74) is 4.11. The zero-order valence-electron chi connectivity index (χ0n) is 12.1. The maximum Gasteiger partial charge on any atom is -0.0146 e. The zero-order valence-corrected chi connectivity index (χ0v) is 12.1. The van der Waals surface area contributed by atoms with Crippen molar-refractivity contribution in [1.29, 1.82) is 0 Å². The summed E-state index contributed by atoms with van der Waals surface area (Å²) in [6.07, 6.45) is 3.54. The van der Waals surface area contributed by atoms with Gasteiger partial charge in [0.25, 0.3) is 0 Å². The molecule has 0 spiro atoms. The Morgan fingerprint density at radius 3 is 1.63 bits per heavy atom. The molecule has 0 bridgehead atoms. The van der Waals surface area contributed by atoms with Gasteiger partial charge in [0, 0.05) is 0 Å². The van der Waals surface area contributed by atoms with E-state index in [9.17, 15) is 0 Å². The van der Waals surface area contributed by atoms with Crippen LogP contribution in [0, 0.1) is 5.41 Å². The van der Waals surface area contributed by atoms with Crippen LogP contribution in [-0.4, -0.2) is 0 Å². The highest BCUT2D eigenvalue weighted by Crippen LogP contribution is 2.31. The van der Waals surface area contributed by atoms with E-state index in [1.54, 1.807) is 0 Å². The Hall–Kier alpha value is -1.82. The molecule has 0 unspecified atom stereocenters. The van der Waals surface area contributed by atoms with Crippen LogP contribution in [0.3, 0.4) is 0 Å². The van der Waals surface area contributed by atoms with E-state index in [1.165, 1.54) is 16.7 Å². The number of hydrogen-bond acceptors (Lipinski definition) is 0. The van der Waals surface area contributed by atoms with Crippen LogP contribution >= 0.6 is 0 Å². The fourth-order valence-corrected chi connectivity index (χ4v) is 2.06. The average molecular weight is 250 g/mol. The van der Waals surface area contributed by atoms with E-state index in [4.69, 9.17) is 0 Å². The Bertz CT molecular complexity index is 491. The van der Waals surface area contributed by atoms with Crippen molar-refractivity contribution in [3.8, 4) is 0 Å². The Kier molecular flexibility index (Phi) is 4.21. The second-order valence-corrected chi connectivity index (χ2v) is 5.63. The Morgan fingerprint density at radius 1 is 0.842 bits per heavy atom. The molecule has 0 atom stereocenters. The van der Waals surface area contributed by atoms with E-state index in [0.29, 0.717) is 0 Å². The summed E-state index contributed by atoms with van der Waals surface area (Å²) in [7, 11) is 0. The van der Waals surface area contributed by atoms with Crippen LogP contribution in [0.15, 0.2) is 66.7 Å². The lowest BCUT2D eigenvalue weighted by atomic mass is 9.84. The van der Waals surface area contributed by atoms with Gasteiger partial charge in [-0.2, -0.15) is 0 Å². The van der Waals surface area contributed by atoms with E-state index < -0.39 is 0 Å². The van der Waals surface area contributed by atoms with Gasteiger partial charge in [0.05, 0.1) is 0 Å². The third-order valence-electron chi connectivity index (χ3n) is 3.62. The van der Waals surface area contributed by atoms with Crippen molar-refractivity contribution < 1.29 is 0 Å². The van der Waals surface area contributed by atoms with Gasteiger partial charge in [0.15, 0.2) is 0 Å². The van der Waals surface area contributed by atoms with Gasteiger partial charge in [-0.25, -0.2) is 0 Å². The average Bonchev–Trinajstić information content (AvgIpc) is 2.47. The summed E-state index contributed by atoms with van der Waals surface area (Å²) < 4.78 is 0. The van der Waals surface area contributed by atoms with E-state index in [2.05, 4.69) is 87.5 Å². The quantitative estimate of drug-likeness (QED) is 0.667. The predicted octanol–water partition coefficient (Wildman–Crippen LogP) is 5.55. The molecule has 2 rings (SSSR count). The molecule has 2 aromatic rings. The Morgan fingerprint density at radius 2 is 1.26 bits per heavy atom. The molecule has 98 valence electrons. The standard InChI is InChI=1S/C19H22/c1-4-19(2,3)15-18(16-11-7-5-8-12-16)17-13-9-6-10-14-17/h5-15H,4H2,1-3H3. The van der Waals surface area contributed by atoms with E-state index in [-0.39, 0.29) is 5.41 Å². The molecule has 0 aliphatic carbocycles. The highest BCUT2D eigenvalue weighted by atomic mass is 14.2. The first-order valence-electron chi connectivity index (χ1n) is 6.96. The summed E-state index contributed by atoms with van der Waals surface area (Å²) in [4.78, 5) is 0. The van der Waals surface area contributed by atoms with E-state index >= 15 is 0 Å². The molecule has 0 aliphatic rings. The van der Waals surface area contributed by atoms with Crippen molar-refractivity contribution in [2.75, 3.05) is 0 Å². The van der Waals surface area contributed by atoms with Gasteiger partial charge in [-0.3, -0.25) is 0 Å². The maximum absolute atomic E-state index is 2.40. The van der Waals surface area contributed by atoms with Crippen LogP contribution in [0.2, 0.25) is 0 Å². The monoisotopic (exact) mass is 250 g/mol. The largest absolute Gasteiger partial charge is 0.0704 e. The molecule has 0 heteroatoms. The second kappa shape index (κ2) is 5.88. The molecular formula is C19H22. The molecule has 0 amide bonds. The second-order valence-electron chi connectivity index (χ2n) is 5.63. The van der Waals surface area contributed by atoms with Gasteiger partial charge < -0.3 is 0 Å². The third-order valence-corrected chi connectivity index (χ3v) is 3.62. The third kappa shape index (κ3) is 3.57. The van der Waals surface area contributed by atoms with Gasteiger partial charge in [0.2, 0.25) is 0 Å². The molecule has 2 aromatic carbocycles. The normalized spacial score (nSPS) is 11.1. The Balaban J connectivity index is 2.52. The van der Waals surface area contributed by atoms with Crippen molar-refractivity contribution in [3.05, 3.63) is 77.9 Å². The molecule has 0 aromatic heterocycles. The molecule has 0 nitrogen and oxygen atoms in total. The van der Waals surface area contributed by atoms with Gasteiger partial charge in [-0.15, -0.1) is 0 Å². The van der Waals surface area contributed by atoms with Crippen LogP contribution < -0.4 is 0 Å². The van der Waals surface area contributed by atoms with Crippen LogP contribution in [0.25, 0.3) is 5.57 Å². The first-order chi connectivity index (χ1) is 9.12. The highest BCUT2D eigenvalue weighted by molar-refractivity contribution is 5.80. The lowest BCUT2D eigenvalue weighted by Crippen LogP contribution is -2.06. The molecule has 0 aliphatic heterocycles. The summed E-state index contributed by atoms with van der Waals surface area (Å²) in [6.45, 7) is 6.82. The topological polar surface area (TPSA) is 0 Å². The number of allylic oxidation sites excluding steroid dienone is 1. The van der Waals surface area contributed by atoms with Crippen LogP contribution in [0.4, 0.5) is 0 Å². The van der Waals surface area contributed by atoms with Crippen molar-refractivity contribution in [1.82, 2.24) is 0 Å². The van der Waals surface area contributed by atoms with Crippen molar-refractivity contribution in [2.45, 2.75) is 27.2 Å². The number of hydrogen-bond donors (Lipinski definition) is 0. The predicted molar refractivity (Wildman–Crippen MR) is 84.0 cm³/mol. The van der Waals surface area contributed by atoms with E-state index in [1.807, 2.05) is 0 Å². The van der Waals surface area contributed by atoms with Crippen molar-refractivity contribution >= 4 is 5.57 Å². The van der Waals surface area contributed by atoms with Gasteiger partial charge >= 0.3 is 0 Å². The lowest BCUT2D eigenvalue weighted by Gasteiger charge is -2.21. The van der Waals surface area contributed by atoms with Gasteiger partial charge in [-0.1, -0.05) is 87.5 Å². The SMILES string of the molecule is CCC(C)(C)C=C(c1ccccc1)c1ccccc1. The molecule has 0 radical (unpaired) electrons. The van der Waals surface area contributed by atoms with Gasteiger partial charge in [-0.05, 0) is 28.5 Å². The van der Waals surface area contributed by atoms with Crippen LogP contribution in [-0.2, 0) is 0 Å². The molecule has 0 fully saturated rings. The maximum atomic E-state index is 2.40. The Labute approximate surface area is 116 Å². The number of benzene rings is 2.